The van der Waals surface area contributed by atoms with Gasteiger partial charge in [0.25, 0.3) is 0 Å². The maximum Gasteiger partial charge on any atom is 0.313 e. The largest absolute Gasteiger partial charge is 0.497 e. The molecule has 5 nitrogen and oxygen atoms in total. The van der Waals surface area contributed by atoms with Crippen molar-refractivity contribution in [2.75, 3.05) is 21.3 Å². The summed E-state index contributed by atoms with van der Waals surface area (Å²) in [5.41, 5.74) is 0.775. The van der Waals surface area contributed by atoms with E-state index in [0.29, 0.717) is 12.2 Å². The lowest BCUT2D eigenvalue weighted by Gasteiger charge is -2.24. The summed E-state index contributed by atoms with van der Waals surface area (Å²) in [7, 11) is 4.26. The molecular formula is C16H22O5. The molecule has 116 valence electrons. The lowest BCUT2D eigenvalue weighted by atomic mass is 9.82. The summed E-state index contributed by atoms with van der Waals surface area (Å²) in [5.74, 6) is -0.738. The SMILES string of the molecule is CCC(CC(=O)OC)C(C(=O)OC)c1cccc(OC)c1. The molecule has 1 aromatic carbocycles. The standard InChI is InChI=1S/C16H22O5/c1-5-11(10-14(17)20-3)15(16(18)21-4)12-7-6-8-13(9-12)19-2/h6-9,11,15H,5,10H2,1-4H3. The van der Waals surface area contributed by atoms with Gasteiger partial charge in [-0.15, -0.1) is 0 Å². The summed E-state index contributed by atoms with van der Waals surface area (Å²) in [6.45, 7) is 1.93. The molecule has 0 aliphatic rings. The highest BCUT2D eigenvalue weighted by Crippen LogP contribution is 2.33. The summed E-state index contributed by atoms with van der Waals surface area (Å²) in [6, 6.07) is 7.25. The molecule has 0 N–H and O–H groups in total. The van der Waals surface area contributed by atoms with Crippen LogP contribution in [0.25, 0.3) is 0 Å². The van der Waals surface area contributed by atoms with Gasteiger partial charge >= 0.3 is 11.9 Å². The Morgan fingerprint density at radius 1 is 1.14 bits per heavy atom. The predicted molar refractivity (Wildman–Crippen MR) is 78.2 cm³/mol. The minimum atomic E-state index is -0.519. The van der Waals surface area contributed by atoms with Gasteiger partial charge in [-0.2, -0.15) is 0 Å². The van der Waals surface area contributed by atoms with Crippen molar-refractivity contribution in [3.63, 3.8) is 0 Å². The smallest absolute Gasteiger partial charge is 0.313 e. The first kappa shape index (κ1) is 17.0. The van der Waals surface area contributed by atoms with Crippen molar-refractivity contribution < 1.29 is 23.8 Å². The van der Waals surface area contributed by atoms with Gasteiger partial charge in [-0.3, -0.25) is 9.59 Å². The van der Waals surface area contributed by atoms with E-state index in [9.17, 15) is 9.59 Å². The van der Waals surface area contributed by atoms with Gasteiger partial charge < -0.3 is 14.2 Å². The number of esters is 2. The van der Waals surface area contributed by atoms with Crippen LogP contribution in [-0.2, 0) is 19.1 Å². The van der Waals surface area contributed by atoms with Gasteiger partial charge in [0, 0.05) is 6.42 Å². The highest BCUT2D eigenvalue weighted by Gasteiger charge is 2.31. The summed E-state index contributed by atoms with van der Waals surface area (Å²) in [6.07, 6.45) is 0.829. The van der Waals surface area contributed by atoms with Crippen LogP contribution >= 0.6 is 0 Å². The number of hydrogen-bond acceptors (Lipinski definition) is 5. The molecule has 0 saturated carbocycles. The van der Waals surface area contributed by atoms with Crippen molar-refractivity contribution >= 4 is 11.9 Å². The van der Waals surface area contributed by atoms with Gasteiger partial charge in [-0.05, 0) is 23.6 Å². The predicted octanol–water partition coefficient (Wildman–Crippen LogP) is 2.54. The number of methoxy groups -OCH3 is 3. The first-order valence-electron chi connectivity index (χ1n) is 6.85. The Bertz CT molecular complexity index is 483. The highest BCUT2D eigenvalue weighted by atomic mass is 16.5. The van der Waals surface area contributed by atoms with E-state index in [1.54, 1.807) is 19.2 Å². The van der Waals surface area contributed by atoms with Crippen LogP contribution in [0.15, 0.2) is 24.3 Å². The third-order valence-corrected chi connectivity index (χ3v) is 3.56. The van der Waals surface area contributed by atoms with Crippen molar-refractivity contribution in [3.8, 4) is 5.75 Å². The average Bonchev–Trinajstić information content (AvgIpc) is 2.53. The van der Waals surface area contributed by atoms with Crippen molar-refractivity contribution in [2.24, 2.45) is 5.92 Å². The monoisotopic (exact) mass is 294 g/mol. The summed E-state index contributed by atoms with van der Waals surface area (Å²) < 4.78 is 14.8. The van der Waals surface area contributed by atoms with E-state index in [0.717, 1.165) is 5.56 Å². The fraction of sp³-hybridized carbons (Fsp3) is 0.500. The third kappa shape index (κ3) is 4.48. The third-order valence-electron chi connectivity index (χ3n) is 3.56. The Morgan fingerprint density at radius 2 is 1.86 bits per heavy atom. The normalized spacial score (nSPS) is 13.1. The zero-order valence-corrected chi connectivity index (χ0v) is 12.9. The summed E-state index contributed by atoms with van der Waals surface area (Å²) in [5, 5.41) is 0. The van der Waals surface area contributed by atoms with Crippen LogP contribution < -0.4 is 4.74 Å². The minimum Gasteiger partial charge on any atom is -0.497 e. The van der Waals surface area contributed by atoms with Crippen molar-refractivity contribution in [1.82, 2.24) is 0 Å². The second-order valence-corrected chi connectivity index (χ2v) is 4.73. The summed E-state index contributed by atoms with van der Waals surface area (Å²) >= 11 is 0. The van der Waals surface area contributed by atoms with Gasteiger partial charge in [0.15, 0.2) is 0 Å². The van der Waals surface area contributed by atoms with Crippen LogP contribution in [0.1, 0.15) is 31.2 Å². The van der Waals surface area contributed by atoms with E-state index >= 15 is 0 Å². The molecule has 0 fully saturated rings. The lowest BCUT2D eigenvalue weighted by Crippen LogP contribution is -2.25. The Hall–Kier alpha value is -2.04. The van der Waals surface area contributed by atoms with Crippen LogP contribution in [0.5, 0.6) is 5.75 Å². The van der Waals surface area contributed by atoms with Crippen LogP contribution in [0.3, 0.4) is 0 Å². The van der Waals surface area contributed by atoms with Crippen molar-refractivity contribution in [3.05, 3.63) is 29.8 Å². The highest BCUT2D eigenvalue weighted by molar-refractivity contribution is 5.80. The Labute approximate surface area is 125 Å². The molecule has 0 aliphatic carbocycles. The van der Waals surface area contributed by atoms with Gasteiger partial charge in [0.05, 0.1) is 27.2 Å². The van der Waals surface area contributed by atoms with Crippen LogP contribution in [-0.4, -0.2) is 33.3 Å². The Morgan fingerprint density at radius 3 is 2.38 bits per heavy atom. The van der Waals surface area contributed by atoms with Gasteiger partial charge in [0.1, 0.15) is 5.75 Å². The van der Waals surface area contributed by atoms with Crippen LogP contribution in [0.4, 0.5) is 0 Å². The zero-order valence-electron chi connectivity index (χ0n) is 12.9. The van der Waals surface area contributed by atoms with Gasteiger partial charge in [0.2, 0.25) is 0 Å². The van der Waals surface area contributed by atoms with E-state index < -0.39 is 5.92 Å². The first-order valence-corrected chi connectivity index (χ1v) is 6.85. The molecule has 2 unspecified atom stereocenters. The molecule has 0 aliphatic heterocycles. The number of ether oxygens (including phenoxy) is 3. The van der Waals surface area contributed by atoms with Gasteiger partial charge in [-0.1, -0.05) is 25.5 Å². The number of rotatable bonds is 7. The summed E-state index contributed by atoms with van der Waals surface area (Å²) in [4.78, 5) is 23.7. The van der Waals surface area contributed by atoms with E-state index in [-0.39, 0.29) is 24.3 Å². The van der Waals surface area contributed by atoms with E-state index in [1.807, 2.05) is 19.1 Å². The van der Waals surface area contributed by atoms with E-state index in [1.165, 1.54) is 14.2 Å². The molecule has 0 radical (unpaired) electrons. The molecule has 2 atom stereocenters. The lowest BCUT2D eigenvalue weighted by molar-refractivity contribution is -0.146. The number of carbonyl (C=O) groups is 2. The fourth-order valence-electron chi connectivity index (χ4n) is 2.36. The number of benzene rings is 1. The molecule has 5 heteroatoms. The molecule has 1 rings (SSSR count). The van der Waals surface area contributed by atoms with Crippen LogP contribution in [0, 0.1) is 5.92 Å². The molecule has 1 aromatic rings. The average molecular weight is 294 g/mol. The zero-order chi connectivity index (χ0) is 15.8. The molecular weight excluding hydrogens is 272 g/mol. The Kier molecular flexibility index (Phi) is 6.72. The molecule has 0 aromatic heterocycles. The fourth-order valence-corrected chi connectivity index (χ4v) is 2.36. The number of hydrogen-bond donors (Lipinski definition) is 0. The second-order valence-electron chi connectivity index (χ2n) is 4.73. The van der Waals surface area contributed by atoms with Crippen molar-refractivity contribution in [1.29, 1.82) is 0 Å². The number of carbonyl (C=O) groups excluding carboxylic acids is 2. The molecule has 0 spiro atoms. The molecule has 21 heavy (non-hydrogen) atoms. The minimum absolute atomic E-state index is 0.171. The van der Waals surface area contributed by atoms with E-state index in [4.69, 9.17) is 14.2 Å². The Balaban J connectivity index is 3.13. The maximum absolute atomic E-state index is 12.2. The second kappa shape index (κ2) is 8.29. The van der Waals surface area contributed by atoms with E-state index in [2.05, 4.69) is 0 Å². The molecule has 0 amide bonds. The van der Waals surface area contributed by atoms with Gasteiger partial charge in [-0.25, -0.2) is 0 Å². The maximum atomic E-state index is 12.2. The van der Waals surface area contributed by atoms with Crippen LogP contribution in [0.2, 0.25) is 0 Å². The quantitative estimate of drug-likeness (QED) is 0.723. The van der Waals surface area contributed by atoms with Crippen molar-refractivity contribution in [2.45, 2.75) is 25.7 Å². The molecule has 0 bridgehead atoms. The topological polar surface area (TPSA) is 61.8 Å². The molecule has 0 heterocycles. The first-order chi connectivity index (χ1) is 10.1. The molecule has 0 saturated heterocycles.